The number of benzene rings is 1. The molecule has 0 unspecified atom stereocenters. The fourth-order valence-electron chi connectivity index (χ4n) is 3.93. The first-order valence-corrected chi connectivity index (χ1v) is 9.05. The van der Waals surface area contributed by atoms with Crippen LogP contribution in [0, 0.1) is 0 Å². The summed E-state index contributed by atoms with van der Waals surface area (Å²) in [6.45, 7) is 0.755. The largest absolute Gasteiger partial charge is 0.372 e. The van der Waals surface area contributed by atoms with Gasteiger partial charge in [0, 0.05) is 27.8 Å². The molecule has 4 rings (SSSR count). The van der Waals surface area contributed by atoms with Crippen LogP contribution in [0.4, 0.5) is 5.69 Å². The van der Waals surface area contributed by atoms with Gasteiger partial charge >= 0.3 is 0 Å². The second kappa shape index (κ2) is 5.50. The van der Waals surface area contributed by atoms with Crippen LogP contribution in [0.5, 0.6) is 0 Å². The van der Waals surface area contributed by atoms with Crippen molar-refractivity contribution in [3.05, 3.63) is 34.4 Å². The van der Waals surface area contributed by atoms with E-state index in [2.05, 4.69) is 38.4 Å². The van der Waals surface area contributed by atoms with E-state index >= 15 is 0 Å². The van der Waals surface area contributed by atoms with Crippen molar-refractivity contribution >= 4 is 50.0 Å². The number of nitrogens with zero attached hydrogens (tertiary/aromatic N) is 2. The average Bonchev–Trinajstić information content (AvgIpc) is 3.12. The number of aliphatic imine (C=N–C) groups is 1. The smallest absolute Gasteiger partial charge is 0.113 e. The normalized spacial score (nSPS) is 18.7. The summed E-state index contributed by atoms with van der Waals surface area (Å²) in [5, 5.41) is 4.69. The summed E-state index contributed by atoms with van der Waals surface area (Å²) in [4.78, 5) is 9.45. The molecule has 22 heavy (non-hydrogen) atoms. The van der Waals surface area contributed by atoms with E-state index in [0.29, 0.717) is 5.88 Å². The third-order valence-electron chi connectivity index (χ3n) is 4.82. The Bertz CT molecular complexity index is 766. The molecular formula is C17H17BrClN3. The highest BCUT2D eigenvalue weighted by Gasteiger charge is 2.46. The minimum atomic E-state index is 0.0311. The zero-order chi connectivity index (χ0) is 15.2. The number of hydrogen-bond donors (Lipinski definition) is 1. The summed E-state index contributed by atoms with van der Waals surface area (Å²) >= 11 is 9.46. The van der Waals surface area contributed by atoms with Crippen molar-refractivity contribution in [1.29, 1.82) is 0 Å². The van der Waals surface area contributed by atoms with Gasteiger partial charge in [-0.1, -0.05) is 28.8 Å². The molecular weight excluding hydrogens is 362 g/mol. The van der Waals surface area contributed by atoms with Gasteiger partial charge in [-0.2, -0.15) is 0 Å². The molecule has 0 saturated heterocycles. The third-order valence-corrected chi connectivity index (χ3v) is 5.50. The zero-order valence-electron chi connectivity index (χ0n) is 12.2. The number of alkyl halides is 1. The highest BCUT2D eigenvalue weighted by molar-refractivity contribution is 9.10. The molecule has 3 nitrogen and oxygen atoms in total. The second-order valence-electron chi connectivity index (χ2n) is 6.05. The first-order valence-electron chi connectivity index (χ1n) is 7.72. The summed E-state index contributed by atoms with van der Waals surface area (Å²) < 4.78 is 1.09. The Morgan fingerprint density at radius 1 is 1.27 bits per heavy atom. The Hall–Kier alpha value is -1.13. The van der Waals surface area contributed by atoms with Gasteiger partial charge in [-0.15, -0.1) is 11.6 Å². The molecule has 114 valence electrons. The lowest BCUT2D eigenvalue weighted by molar-refractivity contribution is 0.595. The Morgan fingerprint density at radius 2 is 2.09 bits per heavy atom. The molecule has 1 saturated carbocycles. The van der Waals surface area contributed by atoms with E-state index in [1.165, 1.54) is 23.8 Å². The Morgan fingerprint density at radius 3 is 2.86 bits per heavy atom. The van der Waals surface area contributed by atoms with Gasteiger partial charge in [0.1, 0.15) is 5.84 Å². The Labute approximate surface area is 143 Å². The topological polar surface area (TPSA) is 37.3 Å². The van der Waals surface area contributed by atoms with Gasteiger partial charge in [0.25, 0.3) is 0 Å². The van der Waals surface area contributed by atoms with Gasteiger partial charge in [-0.05, 0) is 31.0 Å². The fraction of sp³-hybridized carbons (Fsp3) is 0.412. The molecule has 1 fully saturated rings. The Kier molecular flexibility index (Phi) is 3.61. The average molecular weight is 379 g/mol. The van der Waals surface area contributed by atoms with E-state index in [4.69, 9.17) is 16.6 Å². The SMILES string of the molecule is ClCCNC1=Nc2cnc3ccc(Br)cc3c2C12CCCC2. The van der Waals surface area contributed by atoms with Crippen LogP contribution in [0.25, 0.3) is 10.9 Å². The van der Waals surface area contributed by atoms with Gasteiger partial charge in [0.2, 0.25) is 0 Å². The maximum absolute atomic E-state index is 5.87. The van der Waals surface area contributed by atoms with Crippen molar-refractivity contribution < 1.29 is 0 Å². The summed E-state index contributed by atoms with van der Waals surface area (Å²) in [5.41, 5.74) is 3.45. The van der Waals surface area contributed by atoms with E-state index in [1.54, 1.807) is 0 Å². The van der Waals surface area contributed by atoms with E-state index in [1.807, 2.05) is 12.3 Å². The lowest BCUT2D eigenvalue weighted by atomic mass is 9.77. The summed E-state index contributed by atoms with van der Waals surface area (Å²) in [5.74, 6) is 1.69. The molecule has 1 aromatic heterocycles. The number of amidine groups is 1. The van der Waals surface area contributed by atoms with Crippen LogP contribution >= 0.6 is 27.5 Å². The van der Waals surface area contributed by atoms with Crippen LogP contribution in [0.15, 0.2) is 33.9 Å². The van der Waals surface area contributed by atoms with Crippen molar-refractivity contribution in [1.82, 2.24) is 10.3 Å². The van der Waals surface area contributed by atoms with Gasteiger partial charge in [-0.3, -0.25) is 4.98 Å². The van der Waals surface area contributed by atoms with Crippen molar-refractivity contribution in [3.8, 4) is 0 Å². The number of hydrogen-bond acceptors (Lipinski definition) is 3. The summed E-state index contributed by atoms with van der Waals surface area (Å²) in [6.07, 6.45) is 6.72. The number of pyridine rings is 1. The monoisotopic (exact) mass is 377 g/mol. The molecule has 1 spiro atoms. The highest BCUT2D eigenvalue weighted by Crippen LogP contribution is 2.52. The van der Waals surface area contributed by atoms with Crippen LogP contribution in [0.1, 0.15) is 31.2 Å². The molecule has 1 aliphatic heterocycles. The van der Waals surface area contributed by atoms with Crippen LogP contribution in [0.3, 0.4) is 0 Å². The van der Waals surface area contributed by atoms with Crippen molar-refractivity contribution in [3.63, 3.8) is 0 Å². The van der Waals surface area contributed by atoms with Gasteiger partial charge in [-0.25, -0.2) is 4.99 Å². The highest BCUT2D eigenvalue weighted by atomic mass is 79.9. The molecule has 2 aromatic rings. The zero-order valence-corrected chi connectivity index (χ0v) is 14.5. The van der Waals surface area contributed by atoms with Gasteiger partial charge in [0.05, 0.1) is 22.8 Å². The summed E-state index contributed by atoms with van der Waals surface area (Å²) in [7, 11) is 0. The van der Waals surface area contributed by atoms with Crippen LogP contribution < -0.4 is 5.32 Å². The van der Waals surface area contributed by atoms with Crippen LogP contribution in [0.2, 0.25) is 0 Å². The van der Waals surface area contributed by atoms with Crippen LogP contribution in [-0.4, -0.2) is 23.2 Å². The maximum atomic E-state index is 5.87. The molecule has 2 heterocycles. The number of rotatable bonds is 2. The first kappa shape index (κ1) is 14.5. The quantitative estimate of drug-likeness (QED) is 0.770. The predicted octanol–water partition coefficient (Wildman–Crippen LogP) is 4.68. The van der Waals surface area contributed by atoms with E-state index in [-0.39, 0.29) is 5.41 Å². The summed E-state index contributed by atoms with van der Waals surface area (Å²) in [6, 6.07) is 6.30. The molecule has 0 amide bonds. The van der Waals surface area contributed by atoms with Crippen molar-refractivity contribution in [2.24, 2.45) is 4.99 Å². The Balaban J connectivity index is 1.93. The minimum absolute atomic E-state index is 0.0311. The number of fused-ring (bicyclic) bond motifs is 4. The molecule has 1 N–H and O–H groups in total. The molecule has 1 aromatic carbocycles. The second-order valence-corrected chi connectivity index (χ2v) is 7.34. The number of halogens is 2. The van der Waals surface area contributed by atoms with Gasteiger partial charge in [0.15, 0.2) is 0 Å². The maximum Gasteiger partial charge on any atom is 0.113 e. The lowest BCUT2D eigenvalue weighted by Crippen LogP contribution is -2.41. The van der Waals surface area contributed by atoms with Crippen LogP contribution in [-0.2, 0) is 5.41 Å². The van der Waals surface area contributed by atoms with E-state index in [0.717, 1.165) is 40.9 Å². The molecule has 0 bridgehead atoms. The van der Waals surface area contributed by atoms with E-state index < -0.39 is 0 Å². The van der Waals surface area contributed by atoms with Gasteiger partial charge < -0.3 is 5.32 Å². The van der Waals surface area contributed by atoms with E-state index in [9.17, 15) is 0 Å². The number of aromatic nitrogens is 1. The minimum Gasteiger partial charge on any atom is -0.372 e. The lowest BCUT2D eigenvalue weighted by Gasteiger charge is -2.28. The number of nitrogens with one attached hydrogen (secondary N) is 1. The first-order chi connectivity index (χ1) is 10.7. The predicted molar refractivity (Wildman–Crippen MR) is 95.4 cm³/mol. The molecule has 1 aliphatic carbocycles. The van der Waals surface area contributed by atoms with Crippen molar-refractivity contribution in [2.75, 3.05) is 12.4 Å². The standard InChI is InChI=1S/C17H17BrClN3/c18-11-3-4-13-12(9-11)15-14(10-21-13)22-16(20-8-7-19)17(15)5-1-2-6-17/h3-4,9-10H,1-2,5-8H2,(H,20,22). The third kappa shape index (κ3) is 2.08. The van der Waals surface area contributed by atoms with Crippen molar-refractivity contribution in [2.45, 2.75) is 31.1 Å². The molecule has 0 atom stereocenters. The molecule has 5 heteroatoms. The molecule has 2 aliphatic rings. The fourth-order valence-corrected chi connectivity index (χ4v) is 4.38. The molecule has 0 radical (unpaired) electrons.